The summed E-state index contributed by atoms with van der Waals surface area (Å²) in [4.78, 5) is 8.06. The first-order chi connectivity index (χ1) is 10.5. The van der Waals surface area contributed by atoms with Crippen molar-refractivity contribution in [2.24, 2.45) is 0 Å². The molecule has 3 nitrogen and oxygen atoms in total. The quantitative estimate of drug-likeness (QED) is 0.740. The van der Waals surface area contributed by atoms with Crippen molar-refractivity contribution in [3.63, 3.8) is 0 Å². The first-order valence-electron chi connectivity index (χ1n) is 6.32. The lowest BCUT2D eigenvalue weighted by atomic mass is 10.0. The standard InChI is InChI=1S/C15H10F3N3S/c16-15(17,18)11-3-4-13(21-14-20-6-7-22-14)12(8-11)10-2-1-5-19-9-10/h1-9H,(H,20,21). The van der Waals surface area contributed by atoms with Gasteiger partial charge in [0.1, 0.15) is 0 Å². The van der Waals surface area contributed by atoms with Crippen LogP contribution in [0.25, 0.3) is 11.1 Å². The highest BCUT2D eigenvalue weighted by molar-refractivity contribution is 7.13. The van der Waals surface area contributed by atoms with Crippen molar-refractivity contribution in [2.75, 3.05) is 5.32 Å². The predicted octanol–water partition coefficient (Wildman–Crippen LogP) is 4.97. The number of thiazole rings is 1. The number of anilines is 2. The highest BCUT2D eigenvalue weighted by Gasteiger charge is 2.31. The van der Waals surface area contributed by atoms with E-state index in [1.807, 2.05) is 0 Å². The van der Waals surface area contributed by atoms with E-state index in [9.17, 15) is 13.2 Å². The molecule has 2 heterocycles. The van der Waals surface area contributed by atoms with Crippen molar-refractivity contribution in [1.29, 1.82) is 0 Å². The van der Waals surface area contributed by atoms with Crippen LogP contribution in [0.15, 0.2) is 54.3 Å². The molecule has 0 unspecified atom stereocenters. The SMILES string of the molecule is FC(F)(F)c1ccc(Nc2nccs2)c(-c2cccnc2)c1. The Morgan fingerprint density at radius 1 is 1.09 bits per heavy atom. The second-order valence-electron chi connectivity index (χ2n) is 4.46. The molecule has 1 aromatic carbocycles. The summed E-state index contributed by atoms with van der Waals surface area (Å²) < 4.78 is 38.8. The van der Waals surface area contributed by atoms with Crippen LogP contribution in [0.3, 0.4) is 0 Å². The van der Waals surface area contributed by atoms with Gasteiger partial charge in [-0.05, 0) is 24.3 Å². The van der Waals surface area contributed by atoms with Crippen molar-refractivity contribution in [2.45, 2.75) is 6.18 Å². The number of hydrogen-bond acceptors (Lipinski definition) is 4. The molecule has 0 radical (unpaired) electrons. The summed E-state index contributed by atoms with van der Waals surface area (Å²) in [5, 5.41) is 5.45. The Hall–Kier alpha value is -2.41. The molecule has 0 saturated carbocycles. The summed E-state index contributed by atoms with van der Waals surface area (Å²) in [5.74, 6) is 0. The maximum atomic E-state index is 12.9. The molecule has 0 atom stereocenters. The summed E-state index contributed by atoms with van der Waals surface area (Å²) >= 11 is 1.37. The van der Waals surface area contributed by atoms with Gasteiger partial charge < -0.3 is 5.32 Å². The predicted molar refractivity (Wildman–Crippen MR) is 80.1 cm³/mol. The molecule has 112 valence electrons. The lowest BCUT2D eigenvalue weighted by Crippen LogP contribution is -2.05. The maximum Gasteiger partial charge on any atom is 0.416 e. The lowest BCUT2D eigenvalue weighted by molar-refractivity contribution is -0.137. The summed E-state index contributed by atoms with van der Waals surface area (Å²) in [6.07, 6.45) is 0.338. The third kappa shape index (κ3) is 3.09. The molecule has 22 heavy (non-hydrogen) atoms. The number of pyridine rings is 1. The van der Waals surface area contributed by atoms with E-state index < -0.39 is 11.7 Å². The minimum Gasteiger partial charge on any atom is -0.331 e. The average molecular weight is 321 g/mol. The Morgan fingerprint density at radius 3 is 2.59 bits per heavy atom. The molecule has 7 heteroatoms. The van der Waals surface area contributed by atoms with Gasteiger partial charge in [-0.25, -0.2) is 4.98 Å². The third-order valence-corrected chi connectivity index (χ3v) is 3.68. The van der Waals surface area contributed by atoms with Crippen molar-refractivity contribution in [1.82, 2.24) is 9.97 Å². The van der Waals surface area contributed by atoms with E-state index in [2.05, 4.69) is 15.3 Å². The van der Waals surface area contributed by atoms with Crippen molar-refractivity contribution >= 4 is 22.2 Å². The number of nitrogens with zero attached hydrogens (tertiary/aromatic N) is 2. The van der Waals surface area contributed by atoms with Gasteiger partial charge in [0, 0.05) is 40.8 Å². The fourth-order valence-electron chi connectivity index (χ4n) is 1.99. The molecule has 0 saturated heterocycles. The second kappa shape index (κ2) is 5.76. The van der Waals surface area contributed by atoms with Gasteiger partial charge in [0.25, 0.3) is 0 Å². The first-order valence-corrected chi connectivity index (χ1v) is 7.20. The topological polar surface area (TPSA) is 37.8 Å². The van der Waals surface area contributed by atoms with Crippen LogP contribution in [-0.2, 0) is 6.18 Å². The Bertz CT molecular complexity index is 755. The fraction of sp³-hybridized carbons (Fsp3) is 0.0667. The number of aromatic nitrogens is 2. The summed E-state index contributed by atoms with van der Waals surface area (Å²) in [6, 6.07) is 6.98. The van der Waals surface area contributed by atoms with Crippen LogP contribution in [0, 0.1) is 0 Å². The molecular formula is C15H10F3N3S. The number of benzene rings is 1. The van der Waals surface area contributed by atoms with Crippen LogP contribution in [0.1, 0.15) is 5.56 Å². The normalized spacial score (nSPS) is 11.4. The van der Waals surface area contributed by atoms with Crippen LogP contribution >= 0.6 is 11.3 Å². The Balaban J connectivity index is 2.09. The minimum absolute atomic E-state index is 0.429. The molecule has 0 aliphatic carbocycles. The van der Waals surface area contributed by atoms with E-state index in [1.54, 1.807) is 29.9 Å². The Kier molecular flexibility index (Phi) is 3.81. The maximum absolute atomic E-state index is 12.9. The van der Waals surface area contributed by atoms with Crippen LogP contribution in [-0.4, -0.2) is 9.97 Å². The summed E-state index contributed by atoms with van der Waals surface area (Å²) in [7, 11) is 0. The van der Waals surface area contributed by atoms with Gasteiger partial charge >= 0.3 is 6.18 Å². The zero-order valence-corrected chi connectivity index (χ0v) is 11.9. The highest BCUT2D eigenvalue weighted by Crippen LogP contribution is 2.37. The molecule has 0 amide bonds. The monoisotopic (exact) mass is 321 g/mol. The van der Waals surface area contributed by atoms with Crippen LogP contribution in [0.2, 0.25) is 0 Å². The highest BCUT2D eigenvalue weighted by atomic mass is 32.1. The zero-order chi connectivity index (χ0) is 15.6. The van der Waals surface area contributed by atoms with Gasteiger partial charge in [0.2, 0.25) is 0 Å². The van der Waals surface area contributed by atoms with Crippen LogP contribution in [0.4, 0.5) is 24.0 Å². The fourth-order valence-corrected chi connectivity index (χ4v) is 2.53. The molecule has 0 aliphatic rings. The molecule has 0 spiro atoms. The van der Waals surface area contributed by atoms with E-state index in [-0.39, 0.29) is 0 Å². The van der Waals surface area contributed by atoms with Crippen molar-refractivity contribution < 1.29 is 13.2 Å². The van der Waals surface area contributed by atoms with E-state index in [0.29, 0.717) is 21.9 Å². The Labute approximate surface area is 128 Å². The first kappa shape index (κ1) is 14.5. The average Bonchev–Trinajstić information content (AvgIpc) is 3.00. The van der Waals surface area contributed by atoms with Gasteiger partial charge in [0.05, 0.1) is 5.56 Å². The number of hydrogen-bond donors (Lipinski definition) is 1. The summed E-state index contributed by atoms with van der Waals surface area (Å²) in [6.45, 7) is 0. The zero-order valence-electron chi connectivity index (χ0n) is 11.1. The number of alkyl halides is 3. The third-order valence-electron chi connectivity index (χ3n) is 2.99. The van der Waals surface area contributed by atoms with Crippen molar-refractivity contribution in [3.05, 3.63) is 59.9 Å². The van der Waals surface area contributed by atoms with Crippen LogP contribution < -0.4 is 5.32 Å². The molecular weight excluding hydrogens is 311 g/mol. The smallest absolute Gasteiger partial charge is 0.331 e. The van der Waals surface area contributed by atoms with E-state index >= 15 is 0 Å². The van der Waals surface area contributed by atoms with E-state index in [4.69, 9.17) is 0 Å². The number of nitrogens with one attached hydrogen (secondary N) is 1. The molecule has 1 N–H and O–H groups in total. The largest absolute Gasteiger partial charge is 0.416 e. The van der Waals surface area contributed by atoms with Gasteiger partial charge in [-0.15, -0.1) is 11.3 Å². The van der Waals surface area contributed by atoms with Crippen LogP contribution in [0.5, 0.6) is 0 Å². The molecule has 0 fully saturated rings. The van der Waals surface area contributed by atoms with Gasteiger partial charge in [-0.3, -0.25) is 4.98 Å². The lowest BCUT2D eigenvalue weighted by Gasteiger charge is -2.14. The molecule has 3 rings (SSSR count). The van der Waals surface area contributed by atoms with Gasteiger partial charge in [-0.1, -0.05) is 6.07 Å². The molecule has 0 aliphatic heterocycles. The van der Waals surface area contributed by atoms with Gasteiger partial charge in [0.15, 0.2) is 5.13 Å². The Morgan fingerprint density at radius 2 is 1.95 bits per heavy atom. The summed E-state index contributed by atoms with van der Waals surface area (Å²) in [5.41, 5.74) is 0.887. The minimum atomic E-state index is -4.39. The second-order valence-corrected chi connectivity index (χ2v) is 5.36. The van der Waals surface area contributed by atoms with Crippen molar-refractivity contribution in [3.8, 4) is 11.1 Å². The molecule has 2 aromatic heterocycles. The van der Waals surface area contributed by atoms with Gasteiger partial charge in [-0.2, -0.15) is 13.2 Å². The number of halogens is 3. The van der Waals surface area contributed by atoms with E-state index in [0.717, 1.165) is 12.1 Å². The van der Waals surface area contributed by atoms with E-state index in [1.165, 1.54) is 23.6 Å². The molecule has 3 aromatic rings. The number of rotatable bonds is 3. The molecule has 0 bridgehead atoms.